The Morgan fingerprint density at radius 2 is 1.72 bits per heavy atom. The molecule has 0 saturated heterocycles. The van der Waals surface area contributed by atoms with Crippen molar-refractivity contribution in [3.8, 4) is 5.69 Å². The summed E-state index contributed by atoms with van der Waals surface area (Å²) in [5.74, 6) is -0.109. The van der Waals surface area contributed by atoms with Crippen LogP contribution in [0.3, 0.4) is 0 Å². The lowest BCUT2D eigenvalue weighted by atomic mass is 9.94. The van der Waals surface area contributed by atoms with Gasteiger partial charge in [-0.1, -0.05) is 53.3 Å². The zero-order valence-corrected chi connectivity index (χ0v) is 24.3. The number of rotatable bonds is 6. The molecule has 2 aromatic heterocycles. The minimum absolute atomic E-state index is 0.109. The van der Waals surface area contributed by atoms with Gasteiger partial charge in [0.2, 0.25) is 0 Å². The van der Waals surface area contributed by atoms with Gasteiger partial charge in [0.1, 0.15) is 0 Å². The molecule has 1 atom stereocenters. The number of thiazole rings is 1. The number of carbonyl (C=O) groups is 1. The van der Waals surface area contributed by atoms with Crippen LogP contribution in [0.15, 0.2) is 81.7 Å². The zero-order chi connectivity index (χ0) is 27.8. The SMILES string of the molecule is CCN(CC)C(=O)C1=C(C)N=c2s/c(=C/c3cc(C)n(-c4ccccc4)c3C)c(=O)n2[C@@H]1c1ccc(Cl)cc1. The van der Waals surface area contributed by atoms with Crippen molar-refractivity contribution in [2.24, 2.45) is 4.99 Å². The normalized spacial score (nSPS) is 15.3. The number of benzene rings is 2. The highest BCUT2D eigenvalue weighted by Gasteiger charge is 2.34. The van der Waals surface area contributed by atoms with E-state index in [2.05, 4.69) is 36.6 Å². The molecule has 200 valence electrons. The monoisotopic (exact) mass is 558 g/mol. The number of fused-ring (bicyclic) bond motifs is 1. The van der Waals surface area contributed by atoms with Gasteiger partial charge in [-0.05, 0) is 82.2 Å². The van der Waals surface area contributed by atoms with Crippen molar-refractivity contribution >= 4 is 34.9 Å². The van der Waals surface area contributed by atoms with E-state index in [1.54, 1.807) is 21.6 Å². The summed E-state index contributed by atoms with van der Waals surface area (Å²) in [5.41, 5.74) is 5.97. The highest BCUT2D eigenvalue weighted by atomic mass is 35.5. The van der Waals surface area contributed by atoms with E-state index >= 15 is 0 Å². The van der Waals surface area contributed by atoms with Crippen LogP contribution in [0.25, 0.3) is 11.8 Å². The highest BCUT2D eigenvalue weighted by Crippen LogP contribution is 2.32. The van der Waals surface area contributed by atoms with Crippen LogP contribution in [-0.2, 0) is 4.79 Å². The number of amides is 1. The summed E-state index contributed by atoms with van der Waals surface area (Å²) in [6, 6.07) is 19.0. The molecule has 6 nitrogen and oxygen atoms in total. The number of para-hydroxylation sites is 1. The lowest BCUT2D eigenvalue weighted by Crippen LogP contribution is -2.43. The maximum atomic E-state index is 14.0. The molecule has 5 rings (SSSR count). The fraction of sp³-hybridized carbons (Fsp3) is 0.258. The van der Waals surface area contributed by atoms with Gasteiger partial charge >= 0.3 is 0 Å². The smallest absolute Gasteiger partial charge is 0.271 e. The van der Waals surface area contributed by atoms with E-state index in [0.717, 1.165) is 28.2 Å². The molecule has 0 spiro atoms. The number of halogens is 1. The van der Waals surface area contributed by atoms with E-state index in [-0.39, 0.29) is 11.5 Å². The highest BCUT2D eigenvalue weighted by molar-refractivity contribution is 7.07. The van der Waals surface area contributed by atoms with E-state index in [1.165, 1.54) is 11.3 Å². The number of allylic oxidation sites excluding steroid dienone is 1. The first kappa shape index (κ1) is 26.9. The molecule has 0 radical (unpaired) electrons. The van der Waals surface area contributed by atoms with E-state index in [4.69, 9.17) is 16.6 Å². The molecule has 0 N–H and O–H groups in total. The van der Waals surface area contributed by atoms with Gasteiger partial charge in [0.05, 0.1) is 21.8 Å². The van der Waals surface area contributed by atoms with E-state index in [9.17, 15) is 9.59 Å². The Labute approximate surface area is 236 Å². The maximum absolute atomic E-state index is 14.0. The molecule has 0 saturated carbocycles. The predicted octanol–water partition coefficient (Wildman–Crippen LogP) is 5.16. The first-order valence-corrected chi connectivity index (χ1v) is 14.3. The summed E-state index contributed by atoms with van der Waals surface area (Å²) in [6.45, 7) is 11.0. The molecule has 2 aromatic carbocycles. The minimum Gasteiger partial charge on any atom is -0.339 e. The molecule has 39 heavy (non-hydrogen) atoms. The van der Waals surface area contributed by atoms with Crippen LogP contribution >= 0.6 is 22.9 Å². The van der Waals surface area contributed by atoms with Crippen molar-refractivity contribution in [2.75, 3.05) is 13.1 Å². The van der Waals surface area contributed by atoms with Crippen LogP contribution in [0.5, 0.6) is 0 Å². The molecule has 0 aliphatic carbocycles. The van der Waals surface area contributed by atoms with Crippen LogP contribution in [0.1, 0.15) is 49.3 Å². The molecule has 8 heteroatoms. The average Bonchev–Trinajstić information content (AvgIpc) is 3.38. The molecular weight excluding hydrogens is 528 g/mol. The molecule has 0 bridgehead atoms. The summed E-state index contributed by atoms with van der Waals surface area (Å²) >= 11 is 7.54. The number of aryl methyl sites for hydroxylation is 1. The maximum Gasteiger partial charge on any atom is 0.271 e. The van der Waals surface area contributed by atoms with Gasteiger partial charge in [-0.15, -0.1) is 0 Å². The fourth-order valence-electron chi connectivity index (χ4n) is 5.29. The van der Waals surface area contributed by atoms with Crippen molar-refractivity contribution in [3.05, 3.63) is 119 Å². The van der Waals surface area contributed by atoms with Gasteiger partial charge in [-0.3, -0.25) is 14.2 Å². The molecule has 1 amide bonds. The van der Waals surface area contributed by atoms with Crippen LogP contribution in [0.2, 0.25) is 5.02 Å². The summed E-state index contributed by atoms with van der Waals surface area (Å²) in [7, 11) is 0. The number of hydrogen-bond acceptors (Lipinski definition) is 4. The zero-order valence-electron chi connectivity index (χ0n) is 22.7. The van der Waals surface area contributed by atoms with Crippen LogP contribution in [-0.4, -0.2) is 33.0 Å². The van der Waals surface area contributed by atoms with Crippen molar-refractivity contribution in [3.63, 3.8) is 0 Å². The summed E-state index contributed by atoms with van der Waals surface area (Å²) < 4.78 is 4.43. The third kappa shape index (κ3) is 4.81. The van der Waals surface area contributed by atoms with Crippen LogP contribution in [0, 0.1) is 13.8 Å². The second kappa shape index (κ2) is 10.8. The van der Waals surface area contributed by atoms with Crippen molar-refractivity contribution in [1.82, 2.24) is 14.0 Å². The first-order chi connectivity index (χ1) is 18.7. The minimum atomic E-state index is -0.592. The number of aromatic nitrogens is 2. The van der Waals surface area contributed by atoms with Crippen molar-refractivity contribution in [2.45, 2.75) is 40.7 Å². The summed E-state index contributed by atoms with van der Waals surface area (Å²) in [5, 5.41) is 0.595. The van der Waals surface area contributed by atoms with Crippen molar-refractivity contribution < 1.29 is 4.79 Å². The van der Waals surface area contributed by atoms with Gasteiger partial charge in [-0.25, -0.2) is 4.99 Å². The second-order valence-electron chi connectivity index (χ2n) is 9.61. The van der Waals surface area contributed by atoms with Crippen LogP contribution < -0.4 is 14.9 Å². The third-order valence-electron chi connectivity index (χ3n) is 7.26. The Hall–Kier alpha value is -3.68. The van der Waals surface area contributed by atoms with Gasteiger partial charge < -0.3 is 9.47 Å². The van der Waals surface area contributed by atoms with Gasteiger partial charge in [0.15, 0.2) is 4.80 Å². The van der Waals surface area contributed by atoms with E-state index in [1.807, 2.05) is 57.2 Å². The Morgan fingerprint density at radius 1 is 1.05 bits per heavy atom. The molecule has 3 heterocycles. The van der Waals surface area contributed by atoms with Gasteiger partial charge in [0, 0.05) is 35.2 Å². The summed E-state index contributed by atoms with van der Waals surface area (Å²) in [6.07, 6.45) is 1.94. The first-order valence-electron chi connectivity index (χ1n) is 13.1. The largest absolute Gasteiger partial charge is 0.339 e. The number of carbonyl (C=O) groups excluding carboxylic acids is 1. The molecule has 1 aliphatic heterocycles. The molecule has 1 aliphatic rings. The van der Waals surface area contributed by atoms with E-state index in [0.29, 0.717) is 38.7 Å². The molecular formula is C31H31ClN4O2S. The summed E-state index contributed by atoms with van der Waals surface area (Å²) in [4.78, 5) is 34.9. The molecule has 4 aromatic rings. The Morgan fingerprint density at radius 3 is 2.36 bits per heavy atom. The molecule has 0 unspecified atom stereocenters. The van der Waals surface area contributed by atoms with Gasteiger partial charge in [0.25, 0.3) is 11.5 Å². The number of hydrogen-bond donors (Lipinski definition) is 0. The standard InChI is InChI=1S/C31H31ClN4O2S/c1-6-34(7-2)30(38)27-20(4)33-31-36(28(27)22-13-15-24(32)16-14-22)29(37)26(39-31)18-23-17-19(3)35(21(23)5)25-11-9-8-10-12-25/h8-18,28H,6-7H2,1-5H3/b26-18+/t28-/m1/s1. The predicted molar refractivity (Wildman–Crippen MR) is 158 cm³/mol. The fourth-order valence-corrected chi connectivity index (χ4v) is 6.45. The third-order valence-corrected chi connectivity index (χ3v) is 8.49. The molecule has 0 fully saturated rings. The Bertz CT molecular complexity index is 1760. The number of nitrogens with zero attached hydrogens (tertiary/aromatic N) is 4. The average molecular weight is 559 g/mol. The van der Waals surface area contributed by atoms with Crippen molar-refractivity contribution in [1.29, 1.82) is 0 Å². The topological polar surface area (TPSA) is 59.6 Å². The Kier molecular flexibility index (Phi) is 7.47. The Balaban J connectivity index is 1.70. The lowest BCUT2D eigenvalue weighted by Gasteiger charge is -2.29. The quantitative estimate of drug-likeness (QED) is 0.328. The van der Waals surface area contributed by atoms with Crippen LogP contribution in [0.4, 0.5) is 0 Å². The lowest BCUT2D eigenvalue weighted by molar-refractivity contribution is -0.127. The van der Waals surface area contributed by atoms with Gasteiger partial charge in [-0.2, -0.15) is 0 Å². The number of likely N-dealkylation sites (N-methyl/N-ethyl adjacent to an activating group) is 1. The second-order valence-corrected chi connectivity index (χ2v) is 11.1. The van der Waals surface area contributed by atoms with E-state index < -0.39 is 6.04 Å².